The highest BCUT2D eigenvalue weighted by molar-refractivity contribution is 6.06. The fourth-order valence-corrected chi connectivity index (χ4v) is 2.83. The summed E-state index contributed by atoms with van der Waals surface area (Å²) in [5, 5.41) is 5.45. The second kappa shape index (κ2) is 8.40. The highest BCUT2D eigenvalue weighted by atomic mass is 16.3. The SMILES string of the molecule is Cc1ccc(-c2ocnc2C(=O)Nc2ccc(NC(=O)c3ccccc3)nc2)cc1. The van der Waals surface area contributed by atoms with E-state index in [4.69, 9.17) is 4.42 Å². The van der Waals surface area contributed by atoms with Gasteiger partial charge in [0.25, 0.3) is 11.8 Å². The molecule has 0 saturated heterocycles. The predicted octanol–water partition coefficient (Wildman–Crippen LogP) is 4.55. The summed E-state index contributed by atoms with van der Waals surface area (Å²) in [5.74, 6) is 0.100. The number of rotatable bonds is 5. The molecule has 0 saturated carbocycles. The highest BCUT2D eigenvalue weighted by Gasteiger charge is 2.18. The van der Waals surface area contributed by atoms with Crippen molar-refractivity contribution in [2.45, 2.75) is 6.92 Å². The van der Waals surface area contributed by atoms with Crippen LogP contribution < -0.4 is 10.6 Å². The molecule has 0 radical (unpaired) electrons. The summed E-state index contributed by atoms with van der Waals surface area (Å²) in [6, 6.07) is 19.7. The zero-order valence-electron chi connectivity index (χ0n) is 16.1. The van der Waals surface area contributed by atoms with Gasteiger partial charge >= 0.3 is 0 Å². The largest absolute Gasteiger partial charge is 0.443 e. The van der Waals surface area contributed by atoms with Crippen molar-refractivity contribution in [2.75, 3.05) is 10.6 Å². The molecular weight excluding hydrogens is 380 g/mol. The van der Waals surface area contributed by atoms with Gasteiger partial charge in [0.1, 0.15) is 5.82 Å². The molecule has 0 aliphatic rings. The van der Waals surface area contributed by atoms with E-state index < -0.39 is 5.91 Å². The summed E-state index contributed by atoms with van der Waals surface area (Å²) in [6.07, 6.45) is 2.70. The van der Waals surface area contributed by atoms with Crippen molar-refractivity contribution in [2.24, 2.45) is 0 Å². The first kappa shape index (κ1) is 19.1. The second-order valence-corrected chi connectivity index (χ2v) is 6.60. The van der Waals surface area contributed by atoms with Gasteiger partial charge in [0.15, 0.2) is 17.8 Å². The number of aromatic nitrogens is 2. The summed E-state index contributed by atoms with van der Waals surface area (Å²) in [7, 11) is 0. The van der Waals surface area contributed by atoms with Crippen LogP contribution in [0.25, 0.3) is 11.3 Å². The number of aryl methyl sites for hydroxylation is 1. The Morgan fingerprint density at radius 2 is 1.60 bits per heavy atom. The predicted molar refractivity (Wildman–Crippen MR) is 113 cm³/mol. The summed E-state index contributed by atoms with van der Waals surface area (Å²) in [6.45, 7) is 1.98. The van der Waals surface area contributed by atoms with Crippen LogP contribution in [0, 0.1) is 6.92 Å². The molecule has 2 aromatic heterocycles. The van der Waals surface area contributed by atoms with Crippen molar-refractivity contribution < 1.29 is 14.0 Å². The van der Waals surface area contributed by atoms with Crippen LogP contribution in [0.2, 0.25) is 0 Å². The van der Waals surface area contributed by atoms with Crippen LogP contribution in [0.4, 0.5) is 11.5 Å². The van der Waals surface area contributed by atoms with Gasteiger partial charge in [-0.3, -0.25) is 9.59 Å². The maximum Gasteiger partial charge on any atom is 0.278 e. The lowest BCUT2D eigenvalue weighted by Crippen LogP contribution is -2.15. The van der Waals surface area contributed by atoms with Crippen molar-refractivity contribution in [1.82, 2.24) is 9.97 Å². The molecule has 7 heteroatoms. The quantitative estimate of drug-likeness (QED) is 0.514. The van der Waals surface area contributed by atoms with E-state index in [1.165, 1.54) is 12.6 Å². The number of benzene rings is 2. The summed E-state index contributed by atoms with van der Waals surface area (Å²) >= 11 is 0. The molecule has 0 fully saturated rings. The maximum atomic E-state index is 12.7. The van der Waals surface area contributed by atoms with Gasteiger partial charge in [-0.2, -0.15) is 0 Å². The second-order valence-electron chi connectivity index (χ2n) is 6.60. The Labute approximate surface area is 172 Å². The van der Waals surface area contributed by atoms with Crippen molar-refractivity contribution in [1.29, 1.82) is 0 Å². The van der Waals surface area contributed by atoms with E-state index in [0.29, 0.717) is 22.8 Å². The first-order chi connectivity index (χ1) is 14.6. The number of amides is 2. The number of nitrogens with one attached hydrogen (secondary N) is 2. The van der Waals surface area contributed by atoms with Gasteiger partial charge in [0.2, 0.25) is 0 Å². The normalized spacial score (nSPS) is 10.4. The van der Waals surface area contributed by atoms with E-state index in [9.17, 15) is 9.59 Å². The van der Waals surface area contributed by atoms with Crippen LogP contribution in [0.1, 0.15) is 26.4 Å². The topological polar surface area (TPSA) is 97.1 Å². The molecule has 4 rings (SSSR count). The first-order valence-electron chi connectivity index (χ1n) is 9.24. The average molecular weight is 398 g/mol. The van der Waals surface area contributed by atoms with Crippen LogP contribution in [0.15, 0.2) is 83.7 Å². The Balaban J connectivity index is 1.44. The Morgan fingerprint density at radius 1 is 0.833 bits per heavy atom. The smallest absolute Gasteiger partial charge is 0.278 e. The lowest BCUT2D eigenvalue weighted by atomic mass is 10.1. The van der Waals surface area contributed by atoms with E-state index in [1.54, 1.807) is 36.4 Å². The molecule has 0 aliphatic heterocycles. The van der Waals surface area contributed by atoms with Crippen LogP contribution in [-0.4, -0.2) is 21.8 Å². The van der Waals surface area contributed by atoms with E-state index in [0.717, 1.165) is 11.1 Å². The Morgan fingerprint density at radius 3 is 2.30 bits per heavy atom. The molecular formula is C23H18N4O3. The molecule has 2 aromatic carbocycles. The molecule has 148 valence electrons. The van der Waals surface area contributed by atoms with Gasteiger partial charge in [0.05, 0.1) is 11.9 Å². The third-order valence-corrected chi connectivity index (χ3v) is 4.40. The number of carbonyl (C=O) groups excluding carboxylic acids is 2. The average Bonchev–Trinajstić information content (AvgIpc) is 3.26. The molecule has 0 atom stereocenters. The minimum absolute atomic E-state index is 0.181. The number of anilines is 2. The van der Waals surface area contributed by atoms with Crippen molar-refractivity contribution >= 4 is 23.3 Å². The third kappa shape index (κ3) is 4.25. The molecule has 2 heterocycles. The molecule has 7 nitrogen and oxygen atoms in total. The fraction of sp³-hybridized carbons (Fsp3) is 0.0435. The van der Waals surface area contributed by atoms with Gasteiger partial charge < -0.3 is 15.1 Å². The molecule has 0 bridgehead atoms. The minimum atomic E-state index is -0.415. The minimum Gasteiger partial charge on any atom is -0.443 e. The number of hydrogen-bond donors (Lipinski definition) is 2. The van der Waals surface area contributed by atoms with Crippen LogP contribution in [0.3, 0.4) is 0 Å². The van der Waals surface area contributed by atoms with E-state index >= 15 is 0 Å². The van der Waals surface area contributed by atoms with Crippen molar-refractivity contribution in [3.8, 4) is 11.3 Å². The maximum absolute atomic E-state index is 12.7. The van der Waals surface area contributed by atoms with Gasteiger partial charge in [-0.15, -0.1) is 0 Å². The van der Waals surface area contributed by atoms with E-state index in [-0.39, 0.29) is 11.6 Å². The molecule has 2 amide bonds. The number of carbonyl (C=O) groups is 2. The summed E-state index contributed by atoms with van der Waals surface area (Å²) < 4.78 is 5.42. The molecule has 30 heavy (non-hydrogen) atoms. The van der Waals surface area contributed by atoms with Gasteiger partial charge in [-0.05, 0) is 31.2 Å². The Hall–Kier alpha value is -4.26. The number of nitrogens with zero attached hydrogens (tertiary/aromatic N) is 2. The molecule has 4 aromatic rings. The number of oxazole rings is 1. The first-order valence-corrected chi connectivity index (χ1v) is 9.24. The monoisotopic (exact) mass is 398 g/mol. The molecule has 0 unspecified atom stereocenters. The Bertz CT molecular complexity index is 1170. The lowest BCUT2D eigenvalue weighted by molar-refractivity contribution is 0.101. The number of pyridine rings is 1. The van der Waals surface area contributed by atoms with E-state index in [2.05, 4.69) is 20.6 Å². The molecule has 2 N–H and O–H groups in total. The number of hydrogen-bond acceptors (Lipinski definition) is 5. The van der Waals surface area contributed by atoms with Gasteiger partial charge in [-0.1, -0.05) is 48.0 Å². The zero-order valence-corrected chi connectivity index (χ0v) is 16.1. The summed E-state index contributed by atoms with van der Waals surface area (Å²) in [4.78, 5) is 33.1. The molecule has 0 aliphatic carbocycles. The van der Waals surface area contributed by atoms with Crippen LogP contribution >= 0.6 is 0 Å². The standard InChI is InChI=1S/C23H18N4O3/c1-15-7-9-16(10-8-15)21-20(25-14-30-21)23(29)26-18-11-12-19(24-13-18)27-22(28)17-5-3-2-4-6-17/h2-14H,1H3,(H,26,29)(H,24,27,28). The van der Waals surface area contributed by atoms with Crippen LogP contribution in [-0.2, 0) is 0 Å². The van der Waals surface area contributed by atoms with Gasteiger partial charge in [-0.25, -0.2) is 9.97 Å². The van der Waals surface area contributed by atoms with Crippen molar-refractivity contribution in [3.05, 3.63) is 96.1 Å². The lowest BCUT2D eigenvalue weighted by Gasteiger charge is -2.07. The highest BCUT2D eigenvalue weighted by Crippen LogP contribution is 2.24. The Kier molecular flexibility index (Phi) is 5.34. The van der Waals surface area contributed by atoms with Crippen molar-refractivity contribution in [3.63, 3.8) is 0 Å². The van der Waals surface area contributed by atoms with Gasteiger partial charge in [0, 0.05) is 11.1 Å². The van der Waals surface area contributed by atoms with E-state index in [1.807, 2.05) is 37.3 Å². The zero-order chi connectivity index (χ0) is 20.9. The third-order valence-electron chi connectivity index (χ3n) is 4.40. The molecule has 0 spiro atoms. The fourth-order valence-electron chi connectivity index (χ4n) is 2.83. The van der Waals surface area contributed by atoms with Crippen LogP contribution in [0.5, 0.6) is 0 Å². The summed E-state index contributed by atoms with van der Waals surface area (Å²) in [5.41, 5.74) is 3.05.